The van der Waals surface area contributed by atoms with Gasteiger partial charge in [0.25, 0.3) is 0 Å². The number of anilines is 1. The molecule has 1 unspecified atom stereocenters. The van der Waals surface area contributed by atoms with E-state index in [2.05, 4.69) is 11.1 Å². The van der Waals surface area contributed by atoms with Crippen molar-refractivity contribution in [1.82, 2.24) is 4.98 Å². The molecule has 3 aromatic rings. The van der Waals surface area contributed by atoms with Crippen LogP contribution in [-0.4, -0.2) is 31.1 Å². The Hall–Kier alpha value is -4.35. The molecule has 0 spiro atoms. The van der Waals surface area contributed by atoms with Crippen molar-refractivity contribution in [2.75, 3.05) is 19.1 Å². The number of esters is 2. The summed E-state index contributed by atoms with van der Waals surface area (Å²) in [5, 5.41) is 10.9. The Bertz CT molecular complexity index is 1410. The van der Waals surface area contributed by atoms with Gasteiger partial charge in [0, 0.05) is 16.6 Å². The van der Waals surface area contributed by atoms with Crippen molar-refractivity contribution >= 4 is 40.1 Å². The van der Waals surface area contributed by atoms with Crippen molar-refractivity contribution in [3.8, 4) is 6.07 Å². The van der Waals surface area contributed by atoms with Crippen LogP contribution in [-0.2, 0) is 19.1 Å². The van der Waals surface area contributed by atoms with Gasteiger partial charge in [0.1, 0.15) is 16.7 Å². The topological polar surface area (TPSA) is 119 Å². The average molecular weight is 475 g/mol. The standard InChI is InChI=1S/C25H19ClN4O4/c1-33-24(31)20-19(16-12-14-8-6-7-11-18(14)29-22(16)26)17(13-27)23(28)30(21(20)25(32)34-2)15-9-4-3-5-10-15/h3-12,19H,28H2,1-2H3. The van der Waals surface area contributed by atoms with E-state index in [4.69, 9.17) is 26.8 Å². The third-order valence-corrected chi connectivity index (χ3v) is 5.81. The molecule has 170 valence electrons. The number of allylic oxidation sites excluding steroid dienone is 1. The Morgan fingerprint density at radius 2 is 1.71 bits per heavy atom. The number of carbonyl (C=O) groups excluding carboxylic acids is 2. The lowest BCUT2D eigenvalue weighted by atomic mass is 9.81. The van der Waals surface area contributed by atoms with E-state index in [9.17, 15) is 14.9 Å². The number of aromatic nitrogens is 1. The number of nitriles is 1. The smallest absolute Gasteiger partial charge is 0.355 e. The molecule has 2 aromatic carbocycles. The van der Waals surface area contributed by atoms with E-state index in [1.165, 1.54) is 19.1 Å². The molecule has 1 aliphatic rings. The maximum absolute atomic E-state index is 13.2. The van der Waals surface area contributed by atoms with Gasteiger partial charge in [-0.15, -0.1) is 0 Å². The molecule has 8 nitrogen and oxygen atoms in total. The fourth-order valence-corrected chi connectivity index (χ4v) is 4.26. The second-order valence-corrected chi connectivity index (χ2v) is 7.68. The number of halogens is 1. The van der Waals surface area contributed by atoms with Gasteiger partial charge >= 0.3 is 11.9 Å². The zero-order valence-electron chi connectivity index (χ0n) is 18.3. The number of hydrogen-bond donors (Lipinski definition) is 1. The van der Waals surface area contributed by atoms with E-state index in [-0.39, 0.29) is 27.8 Å². The van der Waals surface area contributed by atoms with Crippen molar-refractivity contribution in [3.63, 3.8) is 0 Å². The van der Waals surface area contributed by atoms with Gasteiger partial charge in [-0.05, 0) is 24.3 Å². The minimum atomic E-state index is -1.11. The molecule has 0 fully saturated rings. The number of rotatable bonds is 4. The zero-order chi connectivity index (χ0) is 24.4. The average Bonchev–Trinajstić information content (AvgIpc) is 2.87. The first-order valence-corrected chi connectivity index (χ1v) is 10.5. The summed E-state index contributed by atoms with van der Waals surface area (Å²) in [5.74, 6) is -2.83. The number of ether oxygens (including phenoxy) is 2. The molecule has 0 amide bonds. The minimum Gasteiger partial charge on any atom is -0.466 e. The molecule has 0 bridgehead atoms. The Morgan fingerprint density at radius 1 is 1.06 bits per heavy atom. The Labute approximate surface area is 200 Å². The highest BCUT2D eigenvalue weighted by Crippen LogP contribution is 2.45. The number of nitrogens with zero attached hydrogens (tertiary/aromatic N) is 3. The van der Waals surface area contributed by atoms with Crippen LogP contribution in [0.25, 0.3) is 10.9 Å². The molecule has 2 heterocycles. The van der Waals surface area contributed by atoms with Crippen molar-refractivity contribution in [2.45, 2.75) is 5.92 Å². The highest BCUT2D eigenvalue weighted by atomic mass is 35.5. The van der Waals surface area contributed by atoms with Crippen molar-refractivity contribution in [2.24, 2.45) is 5.73 Å². The molecular formula is C25H19ClN4O4. The zero-order valence-corrected chi connectivity index (χ0v) is 19.0. The number of nitrogens with two attached hydrogens (primary N) is 1. The molecule has 1 aliphatic heterocycles. The van der Waals surface area contributed by atoms with Gasteiger partial charge in [-0.3, -0.25) is 4.90 Å². The molecule has 0 saturated carbocycles. The van der Waals surface area contributed by atoms with E-state index < -0.39 is 17.9 Å². The third kappa shape index (κ3) is 3.72. The van der Waals surface area contributed by atoms with Crippen LogP contribution in [0.4, 0.5) is 5.69 Å². The summed E-state index contributed by atoms with van der Waals surface area (Å²) in [5.41, 5.74) is 7.58. The number of hydrogen-bond acceptors (Lipinski definition) is 8. The second kappa shape index (κ2) is 9.25. The summed E-state index contributed by atoms with van der Waals surface area (Å²) in [7, 11) is 2.37. The van der Waals surface area contributed by atoms with Gasteiger partial charge in [0.15, 0.2) is 0 Å². The number of benzene rings is 2. The molecule has 2 N–H and O–H groups in total. The fourth-order valence-electron chi connectivity index (χ4n) is 4.00. The van der Waals surface area contributed by atoms with E-state index in [1.54, 1.807) is 42.5 Å². The van der Waals surface area contributed by atoms with Gasteiger partial charge in [-0.2, -0.15) is 5.26 Å². The minimum absolute atomic E-state index is 0.0101. The van der Waals surface area contributed by atoms with Crippen LogP contribution >= 0.6 is 11.6 Å². The van der Waals surface area contributed by atoms with E-state index >= 15 is 0 Å². The fraction of sp³-hybridized carbons (Fsp3) is 0.120. The van der Waals surface area contributed by atoms with Gasteiger partial charge in [0.2, 0.25) is 0 Å². The molecule has 34 heavy (non-hydrogen) atoms. The normalized spacial score (nSPS) is 15.8. The Balaban J connectivity index is 2.10. The summed E-state index contributed by atoms with van der Waals surface area (Å²) in [6, 6.07) is 19.7. The first-order chi connectivity index (χ1) is 16.4. The maximum atomic E-state index is 13.2. The quantitative estimate of drug-likeness (QED) is 0.448. The van der Waals surface area contributed by atoms with E-state index in [1.807, 2.05) is 18.2 Å². The first kappa shape index (κ1) is 22.8. The van der Waals surface area contributed by atoms with E-state index in [0.717, 1.165) is 5.39 Å². The lowest BCUT2D eigenvalue weighted by molar-refractivity contribution is -0.139. The lowest BCUT2D eigenvalue weighted by Gasteiger charge is -2.36. The molecule has 4 rings (SSSR count). The highest BCUT2D eigenvalue weighted by molar-refractivity contribution is 6.31. The molecule has 1 aromatic heterocycles. The Morgan fingerprint density at radius 3 is 2.35 bits per heavy atom. The van der Waals surface area contributed by atoms with Gasteiger partial charge in [-0.25, -0.2) is 14.6 Å². The monoisotopic (exact) mass is 474 g/mol. The van der Waals surface area contributed by atoms with Crippen molar-refractivity contribution in [3.05, 3.63) is 94.0 Å². The number of fused-ring (bicyclic) bond motifs is 1. The number of carbonyl (C=O) groups is 2. The summed E-state index contributed by atoms with van der Waals surface area (Å²) < 4.78 is 10.1. The molecule has 9 heteroatoms. The van der Waals surface area contributed by atoms with Crippen LogP contribution in [0, 0.1) is 11.3 Å². The third-order valence-electron chi connectivity index (χ3n) is 5.51. The highest BCUT2D eigenvalue weighted by Gasteiger charge is 2.43. The maximum Gasteiger partial charge on any atom is 0.355 e. The Kier molecular flexibility index (Phi) is 6.21. The van der Waals surface area contributed by atoms with Gasteiger partial charge < -0.3 is 15.2 Å². The van der Waals surface area contributed by atoms with Gasteiger partial charge in [-0.1, -0.05) is 48.0 Å². The lowest BCUT2D eigenvalue weighted by Crippen LogP contribution is -2.40. The molecule has 0 radical (unpaired) electrons. The summed E-state index contributed by atoms with van der Waals surface area (Å²) in [6.45, 7) is 0. The van der Waals surface area contributed by atoms with Crippen LogP contribution < -0.4 is 10.6 Å². The summed E-state index contributed by atoms with van der Waals surface area (Å²) in [6.07, 6.45) is 0. The molecular weight excluding hydrogens is 456 g/mol. The van der Waals surface area contributed by atoms with Crippen LogP contribution in [0.3, 0.4) is 0 Å². The van der Waals surface area contributed by atoms with Crippen LogP contribution in [0.15, 0.2) is 83.3 Å². The first-order valence-electron chi connectivity index (χ1n) is 10.1. The summed E-state index contributed by atoms with van der Waals surface area (Å²) >= 11 is 6.55. The van der Waals surface area contributed by atoms with Gasteiger partial charge in [0.05, 0.1) is 42.9 Å². The summed E-state index contributed by atoms with van der Waals surface area (Å²) in [4.78, 5) is 31.9. The van der Waals surface area contributed by atoms with Crippen molar-refractivity contribution < 1.29 is 19.1 Å². The van der Waals surface area contributed by atoms with Crippen LogP contribution in [0.5, 0.6) is 0 Å². The predicted octanol–water partition coefficient (Wildman–Crippen LogP) is 3.79. The van der Waals surface area contributed by atoms with Crippen LogP contribution in [0.2, 0.25) is 5.15 Å². The number of pyridine rings is 1. The van der Waals surface area contributed by atoms with Crippen molar-refractivity contribution in [1.29, 1.82) is 5.26 Å². The molecule has 0 saturated heterocycles. The molecule has 1 atom stereocenters. The molecule has 0 aliphatic carbocycles. The predicted molar refractivity (Wildman–Crippen MR) is 126 cm³/mol. The number of para-hydroxylation sites is 2. The second-order valence-electron chi connectivity index (χ2n) is 7.32. The van der Waals surface area contributed by atoms with E-state index in [0.29, 0.717) is 16.8 Å². The van der Waals surface area contributed by atoms with Crippen LogP contribution in [0.1, 0.15) is 11.5 Å². The number of methoxy groups -OCH3 is 2. The largest absolute Gasteiger partial charge is 0.466 e. The SMILES string of the molecule is COC(=O)C1=C(C(=O)OC)N(c2ccccc2)C(N)=C(C#N)C1c1cc2ccccc2nc1Cl.